The fraction of sp³-hybridized carbons (Fsp3) is 0.455. The summed E-state index contributed by atoms with van der Waals surface area (Å²) in [6, 6.07) is 5.49. The Hall–Kier alpha value is -2.76. The number of hydrogen-bond donors (Lipinski definition) is 1. The van der Waals surface area contributed by atoms with Crippen molar-refractivity contribution in [2.75, 3.05) is 21.3 Å². The van der Waals surface area contributed by atoms with Crippen LogP contribution in [-0.4, -0.2) is 33.1 Å². The van der Waals surface area contributed by atoms with Gasteiger partial charge in [0.05, 0.1) is 32.8 Å². The smallest absolute Gasteiger partial charge is 0.336 e. The number of Topliss-reactive ketones (excluding diaryl/α,β-unsaturated/α-hetero) is 1. The summed E-state index contributed by atoms with van der Waals surface area (Å²) in [5.41, 5.74) is 2.57. The van der Waals surface area contributed by atoms with Crippen LogP contribution in [0.4, 0.5) is 0 Å². The zero-order valence-electron chi connectivity index (χ0n) is 17.2. The minimum absolute atomic E-state index is 0.101. The number of hydrogen-bond acceptors (Lipinski definition) is 6. The van der Waals surface area contributed by atoms with Gasteiger partial charge in [-0.3, -0.25) is 4.79 Å². The van der Waals surface area contributed by atoms with Crippen LogP contribution in [0.3, 0.4) is 0 Å². The second-order valence-corrected chi connectivity index (χ2v) is 7.96. The maximum absolute atomic E-state index is 13.2. The van der Waals surface area contributed by atoms with Gasteiger partial charge < -0.3 is 19.5 Å². The summed E-state index contributed by atoms with van der Waals surface area (Å²) in [6.07, 6.45) is 2.52. The predicted octanol–water partition coefficient (Wildman–Crippen LogP) is 3.34. The second kappa shape index (κ2) is 7.34. The van der Waals surface area contributed by atoms with E-state index in [1.807, 2.05) is 32.9 Å². The van der Waals surface area contributed by atoms with Gasteiger partial charge in [-0.15, -0.1) is 0 Å². The van der Waals surface area contributed by atoms with Gasteiger partial charge in [-0.05, 0) is 30.0 Å². The van der Waals surface area contributed by atoms with Crippen LogP contribution in [0.25, 0.3) is 0 Å². The van der Waals surface area contributed by atoms with Crippen LogP contribution in [0.2, 0.25) is 0 Å². The molecule has 0 aromatic heterocycles. The molecule has 3 rings (SSSR count). The topological polar surface area (TPSA) is 73.9 Å². The monoisotopic (exact) mass is 385 g/mol. The van der Waals surface area contributed by atoms with Crippen molar-refractivity contribution in [2.45, 2.75) is 33.1 Å². The molecule has 1 aliphatic carbocycles. The molecular formula is C22H27NO5. The Labute approximate surface area is 165 Å². The summed E-state index contributed by atoms with van der Waals surface area (Å²) in [5, 5.41) is 3.28. The summed E-state index contributed by atoms with van der Waals surface area (Å²) in [7, 11) is 4.48. The third kappa shape index (κ3) is 3.39. The minimum atomic E-state index is -0.469. The summed E-state index contributed by atoms with van der Waals surface area (Å²) < 4.78 is 15.8. The van der Waals surface area contributed by atoms with E-state index in [2.05, 4.69) is 11.4 Å². The molecule has 6 heteroatoms. The number of fused-ring (bicyclic) bond motifs is 1. The standard InChI is InChI=1S/C22H27NO5/c1-12-18(21(25)28-6)19(13-7-8-16(26-4)17(9-13)27-5)20-14(23-12)10-22(2,3)11-15(20)24/h7-10,19-20,23H,11H2,1-6H3. The van der Waals surface area contributed by atoms with E-state index in [0.29, 0.717) is 29.2 Å². The summed E-state index contributed by atoms with van der Waals surface area (Å²) in [5.74, 6) is -0.126. The number of esters is 1. The van der Waals surface area contributed by atoms with Crippen molar-refractivity contribution in [2.24, 2.45) is 11.3 Å². The molecular weight excluding hydrogens is 358 g/mol. The summed E-state index contributed by atoms with van der Waals surface area (Å²) in [6.45, 7) is 5.91. The van der Waals surface area contributed by atoms with Crippen LogP contribution in [0.15, 0.2) is 41.2 Å². The molecule has 1 heterocycles. The van der Waals surface area contributed by atoms with Crippen LogP contribution in [0.1, 0.15) is 38.7 Å². The first kappa shape index (κ1) is 20.0. The van der Waals surface area contributed by atoms with Crippen molar-refractivity contribution < 1.29 is 23.8 Å². The molecule has 0 amide bonds. The van der Waals surface area contributed by atoms with E-state index in [-0.39, 0.29) is 11.2 Å². The Morgan fingerprint density at radius 2 is 1.79 bits per heavy atom. The second-order valence-electron chi connectivity index (χ2n) is 7.96. The Morgan fingerprint density at radius 1 is 1.11 bits per heavy atom. The normalized spacial score (nSPS) is 23.4. The van der Waals surface area contributed by atoms with Crippen LogP contribution in [-0.2, 0) is 14.3 Å². The Kier molecular flexibility index (Phi) is 5.24. The maximum atomic E-state index is 13.2. The number of carbonyl (C=O) groups is 2. The molecule has 0 fully saturated rings. The van der Waals surface area contributed by atoms with Gasteiger partial charge in [-0.1, -0.05) is 26.0 Å². The highest BCUT2D eigenvalue weighted by atomic mass is 16.5. The van der Waals surface area contributed by atoms with Crippen LogP contribution >= 0.6 is 0 Å². The SMILES string of the molecule is COC(=O)C1=C(C)NC2=CC(C)(C)CC(=O)C2C1c1ccc(OC)c(OC)c1. The first-order valence-corrected chi connectivity index (χ1v) is 9.26. The molecule has 1 aliphatic heterocycles. The Bertz CT molecular complexity index is 881. The fourth-order valence-corrected chi connectivity index (χ4v) is 4.25. The first-order valence-electron chi connectivity index (χ1n) is 9.26. The molecule has 2 atom stereocenters. The van der Waals surface area contributed by atoms with Crippen LogP contribution < -0.4 is 14.8 Å². The number of rotatable bonds is 4. The highest BCUT2D eigenvalue weighted by molar-refractivity contribution is 5.96. The van der Waals surface area contributed by atoms with Crippen molar-refractivity contribution >= 4 is 11.8 Å². The van der Waals surface area contributed by atoms with Crippen molar-refractivity contribution in [1.82, 2.24) is 5.32 Å². The van der Waals surface area contributed by atoms with E-state index in [1.165, 1.54) is 7.11 Å². The third-order valence-corrected chi connectivity index (χ3v) is 5.41. The van der Waals surface area contributed by atoms with E-state index in [4.69, 9.17) is 14.2 Å². The molecule has 0 saturated heterocycles. The Morgan fingerprint density at radius 3 is 2.39 bits per heavy atom. The number of benzene rings is 1. The van der Waals surface area contributed by atoms with Crippen molar-refractivity contribution in [3.05, 3.63) is 46.8 Å². The van der Waals surface area contributed by atoms with Crippen molar-refractivity contribution in [3.63, 3.8) is 0 Å². The quantitative estimate of drug-likeness (QED) is 0.802. The van der Waals surface area contributed by atoms with Gasteiger partial charge in [0.25, 0.3) is 0 Å². The molecule has 1 N–H and O–H groups in total. The van der Waals surface area contributed by atoms with Gasteiger partial charge in [0.15, 0.2) is 11.5 Å². The lowest BCUT2D eigenvalue weighted by Crippen LogP contribution is -2.43. The molecule has 1 aromatic carbocycles. The van der Waals surface area contributed by atoms with Gasteiger partial charge >= 0.3 is 5.97 Å². The average Bonchev–Trinajstić information content (AvgIpc) is 2.64. The predicted molar refractivity (Wildman–Crippen MR) is 105 cm³/mol. The molecule has 1 aromatic rings. The van der Waals surface area contributed by atoms with Gasteiger partial charge in [-0.25, -0.2) is 4.79 Å². The maximum Gasteiger partial charge on any atom is 0.336 e. The third-order valence-electron chi connectivity index (χ3n) is 5.41. The molecule has 150 valence electrons. The molecule has 0 saturated carbocycles. The number of nitrogens with one attached hydrogen (secondary N) is 1. The van der Waals surface area contributed by atoms with E-state index < -0.39 is 17.8 Å². The lowest BCUT2D eigenvalue weighted by Gasteiger charge is -2.41. The number of ketones is 1. The molecule has 0 bridgehead atoms. The van der Waals surface area contributed by atoms with E-state index >= 15 is 0 Å². The first-order chi connectivity index (χ1) is 13.2. The van der Waals surface area contributed by atoms with Gasteiger partial charge in [0.2, 0.25) is 0 Å². The average molecular weight is 385 g/mol. The van der Waals surface area contributed by atoms with E-state index in [0.717, 1.165) is 11.3 Å². The van der Waals surface area contributed by atoms with E-state index in [9.17, 15) is 9.59 Å². The number of methoxy groups -OCH3 is 3. The fourth-order valence-electron chi connectivity index (χ4n) is 4.25. The molecule has 0 radical (unpaired) electrons. The molecule has 2 unspecified atom stereocenters. The summed E-state index contributed by atoms with van der Waals surface area (Å²) in [4.78, 5) is 25.8. The van der Waals surface area contributed by atoms with Gasteiger partial charge in [0.1, 0.15) is 5.78 Å². The number of ether oxygens (including phenoxy) is 3. The molecule has 28 heavy (non-hydrogen) atoms. The highest BCUT2D eigenvalue weighted by Gasteiger charge is 2.46. The van der Waals surface area contributed by atoms with Crippen molar-refractivity contribution in [1.29, 1.82) is 0 Å². The highest BCUT2D eigenvalue weighted by Crippen LogP contribution is 2.48. The van der Waals surface area contributed by atoms with Crippen LogP contribution in [0.5, 0.6) is 11.5 Å². The minimum Gasteiger partial charge on any atom is -0.493 e. The Balaban J connectivity index is 2.22. The van der Waals surface area contributed by atoms with E-state index in [1.54, 1.807) is 20.3 Å². The van der Waals surface area contributed by atoms with Gasteiger partial charge in [-0.2, -0.15) is 0 Å². The summed E-state index contributed by atoms with van der Waals surface area (Å²) >= 11 is 0. The molecule has 6 nitrogen and oxygen atoms in total. The largest absolute Gasteiger partial charge is 0.493 e. The lowest BCUT2D eigenvalue weighted by molar-refractivity contribution is -0.136. The number of allylic oxidation sites excluding steroid dienone is 3. The van der Waals surface area contributed by atoms with Gasteiger partial charge in [0, 0.05) is 23.7 Å². The zero-order valence-corrected chi connectivity index (χ0v) is 17.2. The van der Waals surface area contributed by atoms with Crippen LogP contribution in [0, 0.1) is 11.3 Å². The van der Waals surface area contributed by atoms with Crippen molar-refractivity contribution in [3.8, 4) is 11.5 Å². The number of carbonyl (C=O) groups excluding carboxylic acids is 2. The zero-order chi connectivity index (χ0) is 20.6. The molecule has 2 aliphatic rings. The lowest BCUT2D eigenvalue weighted by atomic mass is 9.66. The molecule has 0 spiro atoms.